The van der Waals surface area contributed by atoms with Crippen molar-refractivity contribution >= 4 is 11.1 Å². The highest BCUT2D eigenvalue weighted by molar-refractivity contribution is 5.90. The van der Waals surface area contributed by atoms with Gasteiger partial charge in [-0.2, -0.15) is 0 Å². The Morgan fingerprint density at radius 1 is 0.969 bits per heavy atom. The van der Waals surface area contributed by atoms with Crippen molar-refractivity contribution in [2.75, 3.05) is 0 Å². The minimum atomic E-state index is -2.61. The van der Waals surface area contributed by atoms with E-state index in [9.17, 15) is 1.37 Å². The molecule has 3 heteroatoms. The van der Waals surface area contributed by atoms with E-state index in [-0.39, 0.29) is 38.9 Å². The largest absolute Gasteiger partial charge is 0.440 e. The molecule has 164 valence electrons. The van der Waals surface area contributed by atoms with E-state index in [0.717, 1.165) is 12.8 Å². The van der Waals surface area contributed by atoms with Crippen LogP contribution in [0.5, 0.6) is 0 Å². The molecule has 1 aliphatic rings. The number of aryl methyl sites for hydroxylation is 3. The van der Waals surface area contributed by atoms with Crippen LogP contribution in [0.3, 0.4) is 0 Å². The second-order valence-corrected chi connectivity index (χ2v) is 9.32. The van der Waals surface area contributed by atoms with Crippen LogP contribution in [-0.2, 0) is 0 Å². The first kappa shape index (κ1) is 12.3. The summed E-state index contributed by atoms with van der Waals surface area (Å²) in [4.78, 5) is 8.46. The highest BCUT2D eigenvalue weighted by atomic mass is 16.3. The lowest BCUT2D eigenvalue weighted by Gasteiger charge is -2.34. The molecule has 0 amide bonds. The van der Waals surface area contributed by atoms with E-state index in [1.807, 2.05) is 0 Å². The molecule has 4 aromatic rings. The third kappa shape index (κ3) is 3.85. The number of rotatable bonds is 3. The van der Waals surface area contributed by atoms with Gasteiger partial charge in [0.1, 0.15) is 5.52 Å². The normalized spacial score (nSPS) is 23.3. The van der Waals surface area contributed by atoms with Crippen LogP contribution >= 0.6 is 0 Å². The molecule has 1 saturated carbocycles. The van der Waals surface area contributed by atoms with Gasteiger partial charge in [0.05, 0.1) is 5.69 Å². The molecule has 0 atom stereocenters. The maximum Gasteiger partial charge on any atom is 0.192 e. The van der Waals surface area contributed by atoms with Crippen molar-refractivity contribution < 1.29 is 18.1 Å². The van der Waals surface area contributed by atoms with Crippen LogP contribution in [0.2, 0.25) is 0 Å². The predicted octanol–water partition coefficient (Wildman–Crippen LogP) is 8.17. The van der Waals surface area contributed by atoms with Gasteiger partial charge in [-0.05, 0) is 96.7 Å². The summed E-state index contributed by atoms with van der Waals surface area (Å²) in [7, 11) is 0. The third-order valence-corrected chi connectivity index (χ3v) is 6.52. The Bertz CT molecular complexity index is 1640. The Labute approximate surface area is 205 Å². The van der Waals surface area contributed by atoms with E-state index in [0.29, 0.717) is 29.5 Å². The van der Waals surface area contributed by atoms with E-state index in [1.54, 1.807) is 30.3 Å². The first-order chi connectivity index (χ1) is 19.3. The molecule has 0 bridgehead atoms. The number of benzene rings is 2. The number of aromatic nitrogens is 2. The molecule has 1 fully saturated rings. The van der Waals surface area contributed by atoms with E-state index in [2.05, 4.69) is 23.8 Å². The second kappa shape index (κ2) is 7.88. The maximum absolute atomic E-state index is 9.18. The second-order valence-electron chi connectivity index (χ2n) is 9.32. The third-order valence-electron chi connectivity index (χ3n) is 6.52. The molecule has 0 spiro atoms. The summed E-state index contributed by atoms with van der Waals surface area (Å²) < 4.78 is 87.4. The van der Waals surface area contributed by atoms with Gasteiger partial charge in [-0.1, -0.05) is 38.1 Å². The van der Waals surface area contributed by atoms with Crippen molar-refractivity contribution in [2.45, 2.75) is 66.0 Å². The smallest absolute Gasteiger partial charge is 0.192 e. The van der Waals surface area contributed by atoms with Gasteiger partial charge in [-0.3, -0.25) is 4.98 Å². The van der Waals surface area contributed by atoms with Crippen molar-refractivity contribution in [1.29, 1.82) is 0 Å². The Balaban J connectivity index is 1.70. The zero-order chi connectivity index (χ0) is 30.9. The van der Waals surface area contributed by atoms with Gasteiger partial charge in [-0.25, -0.2) is 4.98 Å². The van der Waals surface area contributed by atoms with Crippen LogP contribution in [0, 0.1) is 26.0 Å². The number of para-hydroxylation sites is 1. The molecule has 0 radical (unpaired) electrons. The summed E-state index contributed by atoms with van der Waals surface area (Å²) in [6.07, 6.45) is 4.08. The summed E-state index contributed by atoms with van der Waals surface area (Å²) in [6, 6.07) is 11.3. The minimum Gasteiger partial charge on any atom is -0.440 e. The fourth-order valence-corrected chi connectivity index (χ4v) is 4.49. The van der Waals surface area contributed by atoms with Crippen LogP contribution in [0.4, 0.5) is 0 Å². The monoisotopic (exact) mass is 434 g/mol. The molecule has 2 aromatic carbocycles. The minimum absolute atomic E-state index is 0.0401. The van der Waals surface area contributed by atoms with Crippen LogP contribution < -0.4 is 0 Å². The summed E-state index contributed by atoms with van der Waals surface area (Å²) in [6.45, 7) is -3.43. The average molecular weight is 435 g/mol. The molecule has 3 nitrogen and oxygen atoms in total. The van der Waals surface area contributed by atoms with Gasteiger partial charge in [-0.15, -0.1) is 0 Å². The topological polar surface area (TPSA) is 38.9 Å². The molecule has 2 aromatic heterocycles. The Morgan fingerprint density at radius 3 is 2.59 bits per heavy atom. The van der Waals surface area contributed by atoms with Crippen LogP contribution in [0.1, 0.15) is 81.7 Å². The molecule has 0 unspecified atom stereocenters. The van der Waals surface area contributed by atoms with Crippen molar-refractivity contribution in [2.24, 2.45) is 5.41 Å². The standard InChI is InChI=1S/C29H32N2O/c1-18-15-22(21-11-13-29(4,5)14-12-21)9-10-23(18)25-16-27(30-17-19(25)2)24-7-6-8-26-28(24)32-20(3)31-26/h6-10,15-17,21H,11-14H2,1-5H3/i1D3,2D3,3D3,21D. The molecule has 32 heavy (non-hydrogen) atoms. The van der Waals surface area contributed by atoms with Crippen molar-refractivity contribution in [3.63, 3.8) is 0 Å². The molecular formula is C29H32N2O. The van der Waals surface area contributed by atoms with Gasteiger partial charge in [0.2, 0.25) is 0 Å². The van der Waals surface area contributed by atoms with Gasteiger partial charge in [0.15, 0.2) is 11.5 Å². The highest BCUT2D eigenvalue weighted by Crippen LogP contribution is 2.43. The fourth-order valence-electron chi connectivity index (χ4n) is 4.49. The molecule has 2 heterocycles. The van der Waals surface area contributed by atoms with Crippen molar-refractivity contribution in [1.82, 2.24) is 9.97 Å². The van der Waals surface area contributed by atoms with Crippen LogP contribution in [0.15, 0.2) is 53.1 Å². The summed E-state index contributed by atoms with van der Waals surface area (Å²) >= 11 is 0. The average Bonchev–Trinajstić information content (AvgIpc) is 3.34. The Morgan fingerprint density at radius 2 is 1.81 bits per heavy atom. The number of pyridine rings is 1. The SMILES string of the molecule is [2H]C([2H])([2H])c1nc2cccc(-c3cc(-c4ccc(C5([2H])CCC(C)(C)CC5)cc4C([2H])([2H])[2H])c(C([2H])([2H])[2H])cn3)c2o1. The summed E-state index contributed by atoms with van der Waals surface area (Å²) in [5.74, 6) is -1.37. The molecule has 0 N–H and O–H groups in total. The predicted molar refractivity (Wildman–Crippen MR) is 132 cm³/mol. The number of nitrogens with zero attached hydrogens (tertiary/aromatic N) is 2. The molecule has 5 rings (SSSR count). The van der Waals surface area contributed by atoms with Crippen molar-refractivity contribution in [3.8, 4) is 22.4 Å². The molecular weight excluding hydrogens is 392 g/mol. The quantitative estimate of drug-likeness (QED) is 0.326. The number of hydrogen-bond donors (Lipinski definition) is 0. The van der Waals surface area contributed by atoms with Gasteiger partial charge < -0.3 is 4.42 Å². The lowest BCUT2D eigenvalue weighted by Crippen LogP contribution is -2.20. The van der Waals surface area contributed by atoms with E-state index in [4.69, 9.17) is 16.8 Å². The number of fused-ring (bicyclic) bond motifs is 1. The zero-order valence-corrected chi connectivity index (χ0v) is 18.2. The maximum atomic E-state index is 9.18. The Hall–Kier alpha value is -2.94. The number of hydrogen-bond acceptors (Lipinski definition) is 3. The summed E-state index contributed by atoms with van der Waals surface area (Å²) in [5.41, 5.74) is 2.04. The first-order valence-corrected chi connectivity index (χ1v) is 10.8. The zero-order valence-electron chi connectivity index (χ0n) is 28.2. The van der Waals surface area contributed by atoms with E-state index >= 15 is 0 Å². The molecule has 0 aliphatic heterocycles. The molecule has 0 saturated heterocycles. The first-order valence-electron chi connectivity index (χ1n) is 15.8. The molecule has 1 aliphatic carbocycles. The van der Waals surface area contributed by atoms with Crippen LogP contribution in [0.25, 0.3) is 33.5 Å². The lowest BCUT2D eigenvalue weighted by atomic mass is 9.71. The fraction of sp³-hybridized carbons (Fsp3) is 0.379. The van der Waals surface area contributed by atoms with Gasteiger partial charge in [0, 0.05) is 32.3 Å². The lowest BCUT2D eigenvalue weighted by molar-refractivity contribution is 0.224. The van der Waals surface area contributed by atoms with Crippen molar-refractivity contribution in [3.05, 3.63) is 71.2 Å². The van der Waals surface area contributed by atoms with E-state index < -0.39 is 32.3 Å². The van der Waals surface area contributed by atoms with E-state index in [1.165, 1.54) is 18.3 Å². The summed E-state index contributed by atoms with van der Waals surface area (Å²) in [5, 5.41) is 0. The highest BCUT2D eigenvalue weighted by Gasteiger charge is 2.27. The number of oxazole rings is 1. The van der Waals surface area contributed by atoms with Gasteiger partial charge >= 0.3 is 0 Å². The van der Waals surface area contributed by atoms with Crippen LogP contribution in [-0.4, -0.2) is 9.97 Å². The Kier molecular flexibility index (Phi) is 3.04. The van der Waals surface area contributed by atoms with Gasteiger partial charge in [0.25, 0.3) is 0 Å².